The predicted molar refractivity (Wildman–Crippen MR) is 78.1 cm³/mol. The molecular formula is C15H20N2O4. The first-order valence-electron chi connectivity index (χ1n) is 7.17. The molecule has 1 aromatic carbocycles. The standard InChI is InChI=1S/C15H20N2O4/c1-11(13-3-5-14(6-4-13)17(20)21)16-9-8-12(10-16)2-7-15(18)19/h3-6,11-12H,2,7-10H2,1H3,(H,18,19). The highest BCUT2D eigenvalue weighted by Crippen LogP contribution is 2.30. The van der Waals surface area contributed by atoms with Crippen LogP contribution in [0.1, 0.15) is 37.8 Å². The second-order valence-electron chi connectivity index (χ2n) is 5.61. The van der Waals surface area contributed by atoms with Crippen molar-refractivity contribution in [3.63, 3.8) is 0 Å². The van der Waals surface area contributed by atoms with Crippen molar-refractivity contribution in [2.24, 2.45) is 5.92 Å². The largest absolute Gasteiger partial charge is 0.481 e. The molecule has 2 rings (SSSR count). The van der Waals surface area contributed by atoms with Gasteiger partial charge in [-0.2, -0.15) is 0 Å². The third-order valence-electron chi connectivity index (χ3n) is 4.22. The molecule has 0 aromatic heterocycles. The van der Waals surface area contributed by atoms with E-state index < -0.39 is 10.9 Å². The number of nitrogens with zero attached hydrogens (tertiary/aromatic N) is 2. The Labute approximate surface area is 123 Å². The Bertz CT molecular complexity index is 515. The van der Waals surface area contributed by atoms with E-state index in [0.29, 0.717) is 5.92 Å². The van der Waals surface area contributed by atoms with Crippen molar-refractivity contribution >= 4 is 11.7 Å². The van der Waals surface area contributed by atoms with Crippen LogP contribution in [0.3, 0.4) is 0 Å². The summed E-state index contributed by atoms with van der Waals surface area (Å²) in [6, 6.07) is 6.86. The third-order valence-corrected chi connectivity index (χ3v) is 4.22. The summed E-state index contributed by atoms with van der Waals surface area (Å²) in [7, 11) is 0. The molecule has 1 fully saturated rings. The van der Waals surface area contributed by atoms with Gasteiger partial charge >= 0.3 is 5.97 Å². The molecule has 0 saturated carbocycles. The van der Waals surface area contributed by atoms with Gasteiger partial charge < -0.3 is 5.11 Å². The molecule has 0 spiro atoms. The average Bonchev–Trinajstić information content (AvgIpc) is 2.93. The zero-order valence-electron chi connectivity index (χ0n) is 12.1. The maximum atomic E-state index is 10.7. The van der Waals surface area contributed by atoms with E-state index in [9.17, 15) is 14.9 Å². The lowest BCUT2D eigenvalue weighted by Gasteiger charge is -2.24. The van der Waals surface area contributed by atoms with E-state index in [1.807, 2.05) is 0 Å². The minimum Gasteiger partial charge on any atom is -0.481 e. The topological polar surface area (TPSA) is 83.7 Å². The molecule has 1 aliphatic rings. The summed E-state index contributed by atoms with van der Waals surface area (Å²) >= 11 is 0. The van der Waals surface area contributed by atoms with Gasteiger partial charge in [0.15, 0.2) is 0 Å². The molecule has 2 unspecified atom stereocenters. The van der Waals surface area contributed by atoms with Gasteiger partial charge in [-0.3, -0.25) is 19.8 Å². The highest BCUT2D eigenvalue weighted by molar-refractivity contribution is 5.66. The van der Waals surface area contributed by atoms with E-state index in [1.54, 1.807) is 12.1 Å². The first-order chi connectivity index (χ1) is 9.97. The summed E-state index contributed by atoms with van der Waals surface area (Å²) in [5, 5.41) is 19.4. The number of carboxylic acid groups (broad SMARTS) is 1. The molecule has 6 heteroatoms. The minimum atomic E-state index is -0.739. The molecule has 1 aromatic rings. The van der Waals surface area contributed by atoms with Gasteiger partial charge in [-0.15, -0.1) is 0 Å². The lowest BCUT2D eigenvalue weighted by molar-refractivity contribution is -0.384. The zero-order valence-corrected chi connectivity index (χ0v) is 12.1. The number of aliphatic carboxylic acids is 1. The van der Waals surface area contributed by atoms with Crippen molar-refractivity contribution in [2.45, 2.75) is 32.2 Å². The van der Waals surface area contributed by atoms with Crippen LogP contribution in [0.2, 0.25) is 0 Å². The van der Waals surface area contributed by atoms with E-state index in [-0.39, 0.29) is 18.2 Å². The fourth-order valence-corrected chi connectivity index (χ4v) is 2.86. The summed E-state index contributed by atoms with van der Waals surface area (Å²) in [6.45, 7) is 3.93. The Balaban J connectivity index is 1.93. The number of rotatable bonds is 6. The van der Waals surface area contributed by atoms with E-state index >= 15 is 0 Å². The van der Waals surface area contributed by atoms with Crippen LogP contribution in [0.25, 0.3) is 0 Å². The zero-order chi connectivity index (χ0) is 15.4. The van der Waals surface area contributed by atoms with Crippen molar-refractivity contribution in [1.29, 1.82) is 0 Å². The highest BCUT2D eigenvalue weighted by Gasteiger charge is 2.27. The molecule has 0 aliphatic carbocycles. The number of benzene rings is 1. The quantitative estimate of drug-likeness (QED) is 0.644. The van der Waals surface area contributed by atoms with Crippen LogP contribution >= 0.6 is 0 Å². The van der Waals surface area contributed by atoms with E-state index in [1.165, 1.54) is 12.1 Å². The van der Waals surface area contributed by atoms with Crippen molar-refractivity contribution < 1.29 is 14.8 Å². The molecule has 114 valence electrons. The summed E-state index contributed by atoms with van der Waals surface area (Å²) in [4.78, 5) is 23.2. The van der Waals surface area contributed by atoms with E-state index in [2.05, 4.69) is 11.8 Å². The Morgan fingerprint density at radius 2 is 2.14 bits per heavy atom. The molecule has 0 amide bonds. The van der Waals surface area contributed by atoms with Crippen LogP contribution < -0.4 is 0 Å². The molecule has 1 saturated heterocycles. The fraction of sp³-hybridized carbons (Fsp3) is 0.533. The van der Waals surface area contributed by atoms with Gasteiger partial charge in [0.2, 0.25) is 0 Å². The number of hydrogen-bond acceptors (Lipinski definition) is 4. The number of carboxylic acids is 1. The number of non-ortho nitro benzene ring substituents is 1. The summed E-state index contributed by atoms with van der Waals surface area (Å²) in [5.74, 6) is -0.307. The summed E-state index contributed by atoms with van der Waals surface area (Å²) in [6.07, 6.45) is 1.97. The van der Waals surface area contributed by atoms with Crippen molar-refractivity contribution in [3.05, 3.63) is 39.9 Å². The Morgan fingerprint density at radius 3 is 2.71 bits per heavy atom. The van der Waals surface area contributed by atoms with Crippen LogP contribution in [0.15, 0.2) is 24.3 Å². The smallest absolute Gasteiger partial charge is 0.303 e. The molecule has 1 aliphatic heterocycles. The fourth-order valence-electron chi connectivity index (χ4n) is 2.86. The van der Waals surface area contributed by atoms with Gasteiger partial charge in [0, 0.05) is 31.1 Å². The number of hydrogen-bond donors (Lipinski definition) is 1. The minimum absolute atomic E-state index is 0.103. The van der Waals surface area contributed by atoms with Crippen LogP contribution in [0, 0.1) is 16.0 Å². The maximum Gasteiger partial charge on any atom is 0.303 e. The molecule has 0 bridgehead atoms. The summed E-state index contributed by atoms with van der Waals surface area (Å²) < 4.78 is 0. The third kappa shape index (κ3) is 4.01. The molecular weight excluding hydrogens is 272 g/mol. The first kappa shape index (κ1) is 15.4. The maximum absolute atomic E-state index is 10.7. The molecule has 21 heavy (non-hydrogen) atoms. The number of nitro benzene ring substituents is 1. The Hall–Kier alpha value is -1.95. The van der Waals surface area contributed by atoms with Gasteiger partial charge in [-0.25, -0.2) is 0 Å². The first-order valence-corrected chi connectivity index (χ1v) is 7.17. The second kappa shape index (κ2) is 6.67. The number of carbonyl (C=O) groups is 1. The highest BCUT2D eigenvalue weighted by atomic mass is 16.6. The van der Waals surface area contributed by atoms with E-state index in [0.717, 1.165) is 31.5 Å². The molecule has 6 nitrogen and oxygen atoms in total. The van der Waals surface area contributed by atoms with Crippen LogP contribution in [-0.2, 0) is 4.79 Å². The van der Waals surface area contributed by atoms with Gasteiger partial charge in [-0.1, -0.05) is 12.1 Å². The van der Waals surface area contributed by atoms with Gasteiger partial charge in [-0.05, 0) is 37.8 Å². The monoisotopic (exact) mass is 292 g/mol. The van der Waals surface area contributed by atoms with Crippen molar-refractivity contribution in [1.82, 2.24) is 4.90 Å². The van der Waals surface area contributed by atoms with Gasteiger partial charge in [0.25, 0.3) is 5.69 Å². The lowest BCUT2D eigenvalue weighted by atomic mass is 10.0. The summed E-state index contributed by atoms with van der Waals surface area (Å²) in [5.41, 5.74) is 1.16. The normalized spacial score (nSPS) is 20.3. The second-order valence-corrected chi connectivity index (χ2v) is 5.61. The molecule has 0 radical (unpaired) electrons. The van der Waals surface area contributed by atoms with Crippen LogP contribution in [0.5, 0.6) is 0 Å². The molecule has 1 N–H and O–H groups in total. The van der Waals surface area contributed by atoms with E-state index in [4.69, 9.17) is 5.11 Å². The number of likely N-dealkylation sites (tertiary alicyclic amines) is 1. The Morgan fingerprint density at radius 1 is 1.48 bits per heavy atom. The SMILES string of the molecule is CC(c1ccc([N+](=O)[O-])cc1)N1CCC(CCC(=O)O)C1. The van der Waals surface area contributed by atoms with Gasteiger partial charge in [0.05, 0.1) is 4.92 Å². The average molecular weight is 292 g/mol. The van der Waals surface area contributed by atoms with Gasteiger partial charge in [0.1, 0.15) is 0 Å². The number of nitro groups is 1. The van der Waals surface area contributed by atoms with Crippen molar-refractivity contribution in [2.75, 3.05) is 13.1 Å². The van der Waals surface area contributed by atoms with Crippen molar-refractivity contribution in [3.8, 4) is 0 Å². The lowest BCUT2D eigenvalue weighted by Crippen LogP contribution is -2.24. The molecule has 2 atom stereocenters. The van der Waals surface area contributed by atoms with Crippen LogP contribution in [0.4, 0.5) is 5.69 Å². The Kier molecular flexibility index (Phi) is 4.90. The van der Waals surface area contributed by atoms with Crippen LogP contribution in [-0.4, -0.2) is 34.0 Å². The predicted octanol–water partition coefficient (Wildman–Crippen LogP) is 2.84. The molecule has 1 heterocycles.